The van der Waals surface area contributed by atoms with E-state index in [0.29, 0.717) is 16.7 Å². The Morgan fingerprint density at radius 3 is 2.62 bits per heavy atom. The molecule has 2 rings (SSSR count). The topological polar surface area (TPSA) is 128 Å². The number of nitrogens with one attached hydrogen (secondary N) is 1. The smallest absolute Gasteiger partial charge is 0.408 e. The number of esters is 1. The molecule has 0 fully saturated rings. The third-order valence-corrected chi connectivity index (χ3v) is 3.72. The second-order valence-electron chi connectivity index (χ2n) is 7.12. The molecule has 0 radical (unpaired) electrons. The molecule has 1 aromatic carbocycles. The highest BCUT2D eigenvalue weighted by Crippen LogP contribution is 2.23. The molecule has 0 aliphatic rings. The normalized spacial score (nSPS) is 12.0. The van der Waals surface area contributed by atoms with E-state index in [2.05, 4.69) is 5.32 Å². The van der Waals surface area contributed by atoms with Gasteiger partial charge in [-0.15, -0.1) is 0 Å². The second kappa shape index (κ2) is 9.10. The summed E-state index contributed by atoms with van der Waals surface area (Å²) in [4.78, 5) is 36.5. The number of methoxy groups -OCH3 is 1. The van der Waals surface area contributed by atoms with Crippen LogP contribution in [0.5, 0.6) is 5.75 Å². The number of rotatable bonds is 6. The third-order valence-electron chi connectivity index (χ3n) is 3.72. The van der Waals surface area contributed by atoms with Gasteiger partial charge in [0.25, 0.3) is 0 Å². The van der Waals surface area contributed by atoms with E-state index in [9.17, 15) is 14.4 Å². The summed E-state index contributed by atoms with van der Waals surface area (Å²) in [5, 5.41) is 11.6. The molecule has 0 aliphatic carbocycles. The van der Waals surface area contributed by atoms with Crippen molar-refractivity contribution in [2.24, 2.45) is 0 Å². The van der Waals surface area contributed by atoms with Crippen LogP contribution in [-0.2, 0) is 20.7 Å². The molecule has 0 bridgehead atoms. The van der Waals surface area contributed by atoms with Crippen molar-refractivity contribution in [2.75, 3.05) is 13.7 Å². The highest BCUT2D eigenvalue weighted by atomic mass is 16.6. The maximum Gasteiger partial charge on any atom is 0.408 e. The molecule has 0 saturated carbocycles. The Morgan fingerprint density at radius 1 is 1.28 bits per heavy atom. The zero-order chi connectivity index (χ0) is 21.6. The van der Waals surface area contributed by atoms with Crippen molar-refractivity contribution in [3.05, 3.63) is 40.2 Å². The molecule has 1 aromatic heterocycles. The summed E-state index contributed by atoms with van der Waals surface area (Å²) in [6.07, 6.45) is -0.900. The number of carbonyl (C=O) groups excluding carboxylic acids is 2. The van der Waals surface area contributed by atoms with Crippen LogP contribution >= 0.6 is 0 Å². The lowest BCUT2D eigenvalue weighted by atomic mass is 10.0. The number of nitriles is 1. The van der Waals surface area contributed by atoms with E-state index in [1.165, 1.54) is 13.2 Å². The quantitative estimate of drug-likeness (QED) is 0.576. The number of benzene rings is 1. The zero-order valence-corrected chi connectivity index (χ0v) is 16.6. The van der Waals surface area contributed by atoms with Gasteiger partial charge in [-0.2, -0.15) is 5.26 Å². The number of hydrogen-bond acceptors (Lipinski definition) is 8. The van der Waals surface area contributed by atoms with Crippen molar-refractivity contribution < 1.29 is 28.2 Å². The van der Waals surface area contributed by atoms with E-state index < -0.39 is 35.9 Å². The maximum absolute atomic E-state index is 12.4. The Hall–Kier alpha value is -3.54. The van der Waals surface area contributed by atoms with Gasteiger partial charge in [0.15, 0.2) is 6.61 Å². The highest BCUT2D eigenvalue weighted by Gasteiger charge is 2.27. The fourth-order valence-corrected chi connectivity index (χ4v) is 2.57. The second-order valence-corrected chi connectivity index (χ2v) is 7.12. The van der Waals surface area contributed by atoms with Crippen LogP contribution in [0.25, 0.3) is 11.0 Å². The SMILES string of the molecule is COc1ccc2c(C[C@H](NC(=O)OC(C)(C)C)C(=O)OCC#N)cc(=O)oc2c1. The standard InChI is InChI=1S/C20H22N2O7/c1-20(2,3)29-19(25)22-15(18(24)27-8-7-21)9-12-10-17(23)28-16-11-13(26-4)5-6-14(12)16/h5-6,10-11,15H,8-9H2,1-4H3,(H,22,25)/t15-/m0/s1. The van der Waals surface area contributed by atoms with Gasteiger partial charge in [0.2, 0.25) is 0 Å². The number of ether oxygens (including phenoxy) is 3. The lowest BCUT2D eigenvalue weighted by Gasteiger charge is -2.23. The van der Waals surface area contributed by atoms with Crippen LogP contribution in [0.1, 0.15) is 26.3 Å². The minimum atomic E-state index is -1.18. The molecule has 1 N–H and O–H groups in total. The van der Waals surface area contributed by atoms with E-state index in [1.807, 2.05) is 0 Å². The lowest BCUT2D eigenvalue weighted by Crippen LogP contribution is -2.45. The van der Waals surface area contributed by atoms with Gasteiger partial charge in [-0.1, -0.05) is 0 Å². The van der Waals surface area contributed by atoms with Crippen LogP contribution in [0.2, 0.25) is 0 Å². The molecule has 29 heavy (non-hydrogen) atoms. The van der Waals surface area contributed by atoms with Gasteiger partial charge in [-0.3, -0.25) is 0 Å². The van der Waals surface area contributed by atoms with E-state index in [4.69, 9.17) is 23.9 Å². The molecule has 9 heteroatoms. The largest absolute Gasteiger partial charge is 0.497 e. The number of alkyl carbamates (subject to hydrolysis) is 1. The average Bonchev–Trinajstić information content (AvgIpc) is 2.63. The molecule has 1 heterocycles. The number of carbonyl (C=O) groups is 2. The maximum atomic E-state index is 12.4. The van der Waals surface area contributed by atoms with E-state index in [1.54, 1.807) is 45.0 Å². The predicted molar refractivity (Wildman–Crippen MR) is 102 cm³/mol. The predicted octanol–water partition coefficient (Wildman–Crippen LogP) is 2.30. The van der Waals surface area contributed by atoms with Crippen molar-refractivity contribution >= 4 is 23.0 Å². The van der Waals surface area contributed by atoms with E-state index in [-0.39, 0.29) is 12.0 Å². The van der Waals surface area contributed by atoms with Gasteiger partial charge in [0.1, 0.15) is 29.0 Å². The van der Waals surface area contributed by atoms with Crippen LogP contribution in [0.4, 0.5) is 4.79 Å². The fraction of sp³-hybridized carbons (Fsp3) is 0.400. The van der Waals surface area contributed by atoms with Crippen LogP contribution in [0, 0.1) is 11.3 Å². The van der Waals surface area contributed by atoms with Gasteiger partial charge >= 0.3 is 17.7 Å². The summed E-state index contributed by atoms with van der Waals surface area (Å²) in [5.74, 6) is -0.332. The first-order valence-corrected chi connectivity index (χ1v) is 8.77. The molecule has 0 spiro atoms. The van der Waals surface area contributed by atoms with Crippen molar-refractivity contribution in [2.45, 2.75) is 38.8 Å². The average molecular weight is 402 g/mol. The molecular formula is C20H22N2O7. The molecule has 1 atom stereocenters. The summed E-state index contributed by atoms with van der Waals surface area (Å²) >= 11 is 0. The first-order valence-electron chi connectivity index (χ1n) is 8.77. The minimum Gasteiger partial charge on any atom is -0.497 e. The summed E-state index contributed by atoms with van der Waals surface area (Å²) in [6.45, 7) is 4.57. The van der Waals surface area contributed by atoms with Crippen molar-refractivity contribution in [3.63, 3.8) is 0 Å². The monoisotopic (exact) mass is 402 g/mol. The van der Waals surface area contributed by atoms with Crippen LogP contribution in [0.3, 0.4) is 0 Å². The van der Waals surface area contributed by atoms with Crippen molar-refractivity contribution in [3.8, 4) is 11.8 Å². The minimum absolute atomic E-state index is 0.0715. The first-order chi connectivity index (χ1) is 13.6. The van der Waals surface area contributed by atoms with Crippen LogP contribution < -0.4 is 15.7 Å². The lowest BCUT2D eigenvalue weighted by molar-refractivity contribution is -0.144. The number of amides is 1. The molecule has 9 nitrogen and oxygen atoms in total. The van der Waals surface area contributed by atoms with Crippen LogP contribution in [0.15, 0.2) is 33.5 Å². The third kappa shape index (κ3) is 6.24. The Bertz CT molecular complexity index is 999. The molecule has 0 unspecified atom stereocenters. The molecule has 1 amide bonds. The zero-order valence-electron chi connectivity index (χ0n) is 16.6. The number of hydrogen-bond donors (Lipinski definition) is 1. The Labute approximate surface area is 167 Å². The number of fused-ring (bicyclic) bond motifs is 1. The van der Waals surface area contributed by atoms with Gasteiger partial charge < -0.3 is 23.9 Å². The van der Waals surface area contributed by atoms with Gasteiger partial charge in [0, 0.05) is 23.9 Å². The molecule has 154 valence electrons. The molecule has 0 aliphatic heterocycles. The van der Waals surface area contributed by atoms with Crippen molar-refractivity contribution in [1.29, 1.82) is 5.26 Å². The Morgan fingerprint density at radius 2 is 2.00 bits per heavy atom. The highest BCUT2D eigenvalue weighted by molar-refractivity contribution is 5.85. The van der Waals surface area contributed by atoms with Gasteiger partial charge in [0.05, 0.1) is 7.11 Å². The molecular weight excluding hydrogens is 380 g/mol. The van der Waals surface area contributed by atoms with Crippen molar-refractivity contribution in [1.82, 2.24) is 5.32 Å². The summed E-state index contributed by atoms with van der Waals surface area (Å²) in [5.41, 5.74) is -0.674. The first kappa shape index (κ1) is 21.8. The van der Waals surface area contributed by atoms with Gasteiger partial charge in [-0.05, 0) is 38.5 Å². The molecule has 2 aromatic rings. The fourth-order valence-electron chi connectivity index (χ4n) is 2.57. The number of nitrogens with zero attached hydrogens (tertiary/aromatic N) is 1. The van der Waals surface area contributed by atoms with Crippen LogP contribution in [-0.4, -0.2) is 37.4 Å². The Balaban J connectivity index is 2.37. The van der Waals surface area contributed by atoms with E-state index >= 15 is 0 Å². The van der Waals surface area contributed by atoms with E-state index in [0.717, 1.165) is 0 Å². The summed E-state index contributed by atoms with van der Waals surface area (Å²) < 4.78 is 20.3. The molecule has 0 saturated heterocycles. The Kier molecular flexibility index (Phi) is 6.83. The summed E-state index contributed by atoms with van der Waals surface area (Å²) in [7, 11) is 1.48. The summed E-state index contributed by atoms with van der Waals surface area (Å²) in [6, 6.07) is 6.65. The van der Waals surface area contributed by atoms with Gasteiger partial charge in [-0.25, -0.2) is 14.4 Å².